The zero-order chi connectivity index (χ0) is 13.0. The lowest BCUT2D eigenvalue weighted by Crippen LogP contribution is -2.49. The van der Waals surface area contributed by atoms with Crippen LogP contribution in [0.2, 0.25) is 0 Å². The predicted octanol–water partition coefficient (Wildman–Crippen LogP) is 0.696. The number of carboxylic acid groups (broad SMARTS) is 1. The van der Waals surface area contributed by atoms with E-state index in [-0.39, 0.29) is 5.91 Å². The summed E-state index contributed by atoms with van der Waals surface area (Å²) >= 11 is 0. The largest absolute Gasteiger partial charge is 0.480 e. The number of carbonyl (C=O) groups excluding carboxylic acids is 1. The molecule has 2 unspecified atom stereocenters. The lowest BCUT2D eigenvalue weighted by Gasteiger charge is -2.29. The summed E-state index contributed by atoms with van der Waals surface area (Å²) in [4.78, 5) is 24.2. The maximum Gasteiger partial charge on any atom is 0.327 e. The van der Waals surface area contributed by atoms with Crippen molar-refractivity contribution in [3.05, 3.63) is 0 Å². The average Bonchev–Trinajstić information content (AvgIpc) is 2.63. The first-order chi connectivity index (χ1) is 7.91. The second-order valence-electron chi connectivity index (χ2n) is 5.04. The van der Waals surface area contributed by atoms with Gasteiger partial charge in [0.15, 0.2) is 0 Å². The van der Waals surface area contributed by atoms with Crippen molar-refractivity contribution >= 4 is 11.9 Å². The molecule has 0 aromatic carbocycles. The summed E-state index contributed by atoms with van der Waals surface area (Å²) in [7, 11) is 0. The Kier molecular flexibility index (Phi) is 4.93. The van der Waals surface area contributed by atoms with Gasteiger partial charge in [-0.3, -0.25) is 9.69 Å². The molecule has 1 rings (SSSR count). The van der Waals surface area contributed by atoms with Crippen molar-refractivity contribution in [2.75, 3.05) is 13.1 Å². The van der Waals surface area contributed by atoms with Crippen LogP contribution in [-0.2, 0) is 9.59 Å². The van der Waals surface area contributed by atoms with Gasteiger partial charge in [0.05, 0.1) is 0 Å². The Morgan fingerprint density at radius 1 is 1.47 bits per heavy atom. The van der Waals surface area contributed by atoms with Gasteiger partial charge >= 0.3 is 5.97 Å². The van der Waals surface area contributed by atoms with Crippen molar-refractivity contribution in [3.8, 4) is 0 Å². The molecule has 0 aromatic rings. The van der Waals surface area contributed by atoms with Crippen LogP contribution in [0.4, 0.5) is 0 Å². The van der Waals surface area contributed by atoms with Gasteiger partial charge in [0, 0.05) is 19.5 Å². The molecule has 1 heterocycles. The summed E-state index contributed by atoms with van der Waals surface area (Å²) in [6.45, 7) is 6.97. The Balaban J connectivity index is 2.60. The predicted molar refractivity (Wildman–Crippen MR) is 64.7 cm³/mol. The quantitative estimate of drug-likeness (QED) is 0.744. The number of nitrogens with zero attached hydrogens (tertiary/aromatic N) is 1. The van der Waals surface area contributed by atoms with Crippen molar-refractivity contribution in [2.24, 2.45) is 5.92 Å². The van der Waals surface area contributed by atoms with E-state index in [1.165, 1.54) is 6.92 Å². The highest BCUT2D eigenvalue weighted by Crippen LogP contribution is 2.23. The average molecular weight is 242 g/mol. The summed E-state index contributed by atoms with van der Waals surface area (Å²) in [5.74, 6) is -0.739. The highest BCUT2D eigenvalue weighted by atomic mass is 16.4. The van der Waals surface area contributed by atoms with E-state index in [2.05, 4.69) is 24.1 Å². The molecule has 0 bridgehead atoms. The molecule has 1 amide bonds. The standard InChI is InChI=1S/C12H22N2O3/c1-8(2)11-5-4-6-14(11)7-10(12(16)17)13-9(3)15/h8,10-11H,4-7H2,1-3H3,(H,13,15)(H,16,17). The molecule has 0 spiro atoms. The number of rotatable bonds is 5. The highest BCUT2D eigenvalue weighted by Gasteiger charge is 2.31. The topological polar surface area (TPSA) is 69.6 Å². The van der Waals surface area contributed by atoms with Gasteiger partial charge in [0.2, 0.25) is 5.91 Å². The third-order valence-electron chi connectivity index (χ3n) is 3.28. The first-order valence-corrected chi connectivity index (χ1v) is 6.15. The van der Waals surface area contributed by atoms with Crippen LogP contribution in [0.1, 0.15) is 33.6 Å². The molecule has 1 fully saturated rings. The Hall–Kier alpha value is -1.10. The molecule has 17 heavy (non-hydrogen) atoms. The van der Waals surface area contributed by atoms with Crippen molar-refractivity contribution in [1.29, 1.82) is 0 Å². The SMILES string of the molecule is CC(=O)NC(CN1CCCC1C(C)C)C(=O)O. The molecular weight excluding hydrogens is 220 g/mol. The minimum atomic E-state index is -0.963. The van der Waals surface area contributed by atoms with E-state index in [0.29, 0.717) is 18.5 Å². The fourth-order valence-electron chi connectivity index (χ4n) is 2.50. The molecule has 5 heteroatoms. The smallest absolute Gasteiger partial charge is 0.327 e. The van der Waals surface area contributed by atoms with Crippen LogP contribution < -0.4 is 5.32 Å². The van der Waals surface area contributed by atoms with Crippen LogP contribution in [0, 0.1) is 5.92 Å². The van der Waals surface area contributed by atoms with E-state index in [0.717, 1.165) is 19.4 Å². The Labute approximate surface area is 102 Å². The van der Waals surface area contributed by atoms with Crippen molar-refractivity contribution in [1.82, 2.24) is 10.2 Å². The van der Waals surface area contributed by atoms with E-state index in [4.69, 9.17) is 5.11 Å². The van der Waals surface area contributed by atoms with Crippen LogP contribution in [-0.4, -0.2) is 47.1 Å². The Morgan fingerprint density at radius 3 is 2.59 bits per heavy atom. The third-order valence-corrected chi connectivity index (χ3v) is 3.28. The van der Waals surface area contributed by atoms with Gasteiger partial charge in [-0.05, 0) is 25.3 Å². The lowest BCUT2D eigenvalue weighted by molar-refractivity contribution is -0.142. The molecule has 0 saturated carbocycles. The van der Waals surface area contributed by atoms with Crippen LogP contribution in [0.5, 0.6) is 0 Å². The molecule has 1 saturated heterocycles. The molecule has 2 N–H and O–H groups in total. The Morgan fingerprint density at radius 2 is 2.12 bits per heavy atom. The number of hydrogen-bond donors (Lipinski definition) is 2. The normalized spacial score (nSPS) is 22.7. The van der Waals surface area contributed by atoms with E-state index in [1.807, 2.05) is 0 Å². The second kappa shape index (κ2) is 6.00. The van der Waals surface area contributed by atoms with Crippen LogP contribution in [0.25, 0.3) is 0 Å². The number of nitrogens with one attached hydrogen (secondary N) is 1. The van der Waals surface area contributed by atoms with Gasteiger partial charge < -0.3 is 10.4 Å². The third kappa shape index (κ3) is 4.00. The summed E-state index contributed by atoms with van der Waals surface area (Å²) < 4.78 is 0. The number of aliphatic carboxylic acids is 1. The minimum Gasteiger partial charge on any atom is -0.480 e. The molecule has 2 atom stereocenters. The maximum absolute atomic E-state index is 11.1. The van der Waals surface area contributed by atoms with Crippen molar-refractivity contribution in [3.63, 3.8) is 0 Å². The van der Waals surface area contributed by atoms with Crippen molar-refractivity contribution < 1.29 is 14.7 Å². The van der Waals surface area contributed by atoms with Crippen molar-refractivity contribution in [2.45, 2.75) is 45.7 Å². The van der Waals surface area contributed by atoms with Gasteiger partial charge in [-0.25, -0.2) is 4.79 Å². The number of carbonyl (C=O) groups is 2. The molecule has 0 radical (unpaired) electrons. The zero-order valence-electron chi connectivity index (χ0n) is 10.8. The van der Waals surface area contributed by atoms with Gasteiger partial charge in [-0.1, -0.05) is 13.8 Å². The first-order valence-electron chi connectivity index (χ1n) is 6.15. The monoisotopic (exact) mass is 242 g/mol. The lowest BCUT2D eigenvalue weighted by atomic mass is 10.0. The fraction of sp³-hybridized carbons (Fsp3) is 0.833. The second-order valence-corrected chi connectivity index (χ2v) is 5.04. The number of carboxylic acids is 1. The minimum absolute atomic E-state index is 0.294. The van der Waals surface area contributed by atoms with Crippen LogP contribution in [0.3, 0.4) is 0 Å². The molecular formula is C12H22N2O3. The van der Waals surface area contributed by atoms with Gasteiger partial charge in [0.1, 0.15) is 6.04 Å². The van der Waals surface area contributed by atoms with E-state index < -0.39 is 12.0 Å². The van der Waals surface area contributed by atoms with Gasteiger partial charge in [-0.2, -0.15) is 0 Å². The molecule has 5 nitrogen and oxygen atoms in total. The number of likely N-dealkylation sites (tertiary alicyclic amines) is 1. The van der Waals surface area contributed by atoms with Crippen LogP contribution >= 0.6 is 0 Å². The van der Waals surface area contributed by atoms with E-state index in [1.54, 1.807) is 0 Å². The summed E-state index contributed by atoms with van der Waals surface area (Å²) in [6.07, 6.45) is 2.22. The van der Waals surface area contributed by atoms with Crippen LogP contribution in [0.15, 0.2) is 0 Å². The molecule has 1 aliphatic rings. The number of hydrogen-bond acceptors (Lipinski definition) is 3. The fourth-order valence-corrected chi connectivity index (χ4v) is 2.50. The molecule has 1 aliphatic heterocycles. The van der Waals surface area contributed by atoms with Gasteiger partial charge in [-0.15, -0.1) is 0 Å². The molecule has 0 aliphatic carbocycles. The summed E-state index contributed by atoms with van der Waals surface area (Å²) in [5.41, 5.74) is 0. The van der Waals surface area contributed by atoms with E-state index >= 15 is 0 Å². The molecule has 98 valence electrons. The Bertz CT molecular complexity index is 291. The van der Waals surface area contributed by atoms with E-state index in [9.17, 15) is 9.59 Å². The van der Waals surface area contributed by atoms with Gasteiger partial charge in [0.25, 0.3) is 0 Å². The highest BCUT2D eigenvalue weighted by molar-refractivity contribution is 5.82. The number of amides is 1. The summed E-state index contributed by atoms with van der Waals surface area (Å²) in [6, 6.07) is -0.363. The first kappa shape index (κ1) is 14.0. The zero-order valence-corrected chi connectivity index (χ0v) is 10.8. The maximum atomic E-state index is 11.1. The molecule has 0 aromatic heterocycles. The summed E-state index contributed by atoms with van der Waals surface area (Å²) in [5, 5.41) is 11.6.